The van der Waals surface area contributed by atoms with Gasteiger partial charge < -0.3 is 4.74 Å². The molecule has 25 heavy (non-hydrogen) atoms. The number of amides is 1. The van der Waals surface area contributed by atoms with Gasteiger partial charge in [0.05, 0.1) is 18.4 Å². The highest BCUT2D eigenvalue weighted by molar-refractivity contribution is 9.10. The summed E-state index contributed by atoms with van der Waals surface area (Å²) in [5.74, 6) is 0.655. The molecule has 0 aliphatic heterocycles. The maximum absolute atomic E-state index is 12.5. The summed E-state index contributed by atoms with van der Waals surface area (Å²) in [5, 5.41) is 3.55. The maximum atomic E-state index is 12.5. The number of thiazole rings is 1. The smallest absolute Gasteiger partial charge is 0.258 e. The van der Waals surface area contributed by atoms with Crippen LogP contribution in [0.1, 0.15) is 20.8 Å². The molecular weight excluding hydrogens is 400 g/mol. The van der Waals surface area contributed by atoms with Crippen LogP contribution in [0, 0.1) is 0 Å². The minimum absolute atomic E-state index is 0.163. The van der Waals surface area contributed by atoms with Crippen molar-refractivity contribution in [3.63, 3.8) is 0 Å². The molecule has 1 aliphatic rings. The van der Waals surface area contributed by atoms with E-state index in [-0.39, 0.29) is 5.91 Å². The van der Waals surface area contributed by atoms with E-state index in [0.717, 1.165) is 34.3 Å². The standard InChI is InChI=1S/C19H15BrN2O2S/c1-24-12-8-6-11-7-9-16-17(14(11)10-12)21-19(25-16)22-18(23)13-4-2-3-5-15(13)20/h2-6,8,10H,7,9H2,1H3,(H,21,22,23). The third-order valence-corrected chi connectivity index (χ3v) is 5.95. The van der Waals surface area contributed by atoms with Crippen LogP contribution in [0.5, 0.6) is 5.75 Å². The molecule has 2 aromatic carbocycles. The van der Waals surface area contributed by atoms with E-state index in [1.807, 2.05) is 30.3 Å². The number of aromatic nitrogens is 1. The topological polar surface area (TPSA) is 51.2 Å². The van der Waals surface area contributed by atoms with Crippen LogP contribution in [0.3, 0.4) is 0 Å². The number of anilines is 1. The molecule has 0 atom stereocenters. The van der Waals surface area contributed by atoms with Crippen molar-refractivity contribution in [1.29, 1.82) is 0 Å². The Bertz CT molecular complexity index is 968. The number of nitrogens with one attached hydrogen (secondary N) is 1. The number of nitrogens with zero attached hydrogens (tertiary/aromatic N) is 1. The number of halogens is 1. The minimum atomic E-state index is -0.163. The number of hydrogen-bond donors (Lipinski definition) is 1. The van der Waals surface area contributed by atoms with Crippen LogP contribution in [-0.4, -0.2) is 18.0 Å². The van der Waals surface area contributed by atoms with Crippen molar-refractivity contribution in [2.75, 3.05) is 12.4 Å². The van der Waals surface area contributed by atoms with E-state index < -0.39 is 0 Å². The van der Waals surface area contributed by atoms with Crippen molar-refractivity contribution in [2.45, 2.75) is 12.8 Å². The lowest BCUT2D eigenvalue weighted by Crippen LogP contribution is -2.12. The summed E-state index contributed by atoms with van der Waals surface area (Å²) in [6, 6.07) is 13.5. The zero-order chi connectivity index (χ0) is 17.4. The first-order valence-corrected chi connectivity index (χ1v) is 9.49. The Morgan fingerprint density at radius 1 is 1.24 bits per heavy atom. The Hall–Kier alpha value is -2.18. The molecule has 1 heterocycles. The first kappa shape index (κ1) is 16.3. The number of fused-ring (bicyclic) bond motifs is 3. The summed E-state index contributed by atoms with van der Waals surface area (Å²) in [4.78, 5) is 18.4. The normalized spacial score (nSPS) is 12.2. The Morgan fingerprint density at radius 2 is 2.08 bits per heavy atom. The Labute approximate surface area is 158 Å². The second-order valence-corrected chi connectivity index (χ2v) is 7.69. The number of benzene rings is 2. The summed E-state index contributed by atoms with van der Waals surface area (Å²) in [7, 11) is 1.66. The van der Waals surface area contributed by atoms with Crippen LogP contribution < -0.4 is 10.1 Å². The average Bonchev–Trinajstić information content (AvgIpc) is 3.04. The van der Waals surface area contributed by atoms with Gasteiger partial charge in [0.2, 0.25) is 0 Å². The molecule has 0 unspecified atom stereocenters. The van der Waals surface area contributed by atoms with Gasteiger partial charge >= 0.3 is 0 Å². The number of ether oxygens (including phenoxy) is 1. The molecule has 1 amide bonds. The number of methoxy groups -OCH3 is 1. The molecule has 0 saturated carbocycles. The van der Waals surface area contributed by atoms with Gasteiger partial charge in [0.1, 0.15) is 5.75 Å². The molecular formula is C19H15BrN2O2S. The van der Waals surface area contributed by atoms with E-state index in [4.69, 9.17) is 4.74 Å². The van der Waals surface area contributed by atoms with E-state index in [1.54, 1.807) is 24.5 Å². The lowest BCUT2D eigenvalue weighted by molar-refractivity contribution is 0.102. The van der Waals surface area contributed by atoms with Crippen LogP contribution in [0.2, 0.25) is 0 Å². The second-order valence-electron chi connectivity index (χ2n) is 5.75. The predicted octanol–water partition coefficient (Wildman–Crippen LogP) is 4.93. The van der Waals surface area contributed by atoms with E-state index in [2.05, 4.69) is 32.3 Å². The highest BCUT2D eigenvalue weighted by Crippen LogP contribution is 2.39. The highest BCUT2D eigenvalue weighted by Gasteiger charge is 2.22. The Morgan fingerprint density at radius 3 is 2.88 bits per heavy atom. The number of carbonyl (C=O) groups is 1. The molecule has 126 valence electrons. The summed E-state index contributed by atoms with van der Waals surface area (Å²) < 4.78 is 6.11. The number of aryl methyl sites for hydroxylation is 2. The van der Waals surface area contributed by atoms with E-state index in [1.165, 1.54) is 10.4 Å². The molecule has 1 N–H and O–H groups in total. The van der Waals surface area contributed by atoms with Crippen LogP contribution in [0.15, 0.2) is 46.9 Å². The number of hydrogen-bond acceptors (Lipinski definition) is 4. The number of carbonyl (C=O) groups excluding carboxylic acids is 1. The van der Waals surface area contributed by atoms with Gasteiger partial charge in [-0.25, -0.2) is 4.98 Å². The van der Waals surface area contributed by atoms with Crippen LogP contribution in [0.25, 0.3) is 11.3 Å². The molecule has 4 rings (SSSR count). The SMILES string of the molecule is COc1ccc2c(c1)-c1nc(NC(=O)c3ccccc3Br)sc1CC2. The fourth-order valence-corrected chi connectivity index (χ4v) is 4.40. The summed E-state index contributed by atoms with van der Waals surface area (Å²) in [6.45, 7) is 0. The monoisotopic (exact) mass is 414 g/mol. The quantitative estimate of drug-likeness (QED) is 0.660. The fraction of sp³-hybridized carbons (Fsp3) is 0.158. The highest BCUT2D eigenvalue weighted by atomic mass is 79.9. The summed E-state index contributed by atoms with van der Waals surface area (Å²) >= 11 is 4.95. The molecule has 0 saturated heterocycles. The van der Waals surface area contributed by atoms with Crippen LogP contribution in [0.4, 0.5) is 5.13 Å². The Kier molecular flexibility index (Phi) is 4.31. The lowest BCUT2D eigenvalue weighted by Gasteiger charge is -2.15. The van der Waals surface area contributed by atoms with Crippen LogP contribution in [-0.2, 0) is 12.8 Å². The lowest BCUT2D eigenvalue weighted by atomic mass is 9.93. The van der Waals surface area contributed by atoms with Crippen molar-refractivity contribution < 1.29 is 9.53 Å². The molecule has 0 spiro atoms. The third kappa shape index (κ3) is 3.07. The minimum Gasteiger partial charge on any atom is -0.497 e. The fourth-order valence-electron chi connectivity index (χ4n) is 2.96. The van der Waals surface area contributed by atoms with E-state index >= 15 is 0 Å². The largest absolute Gasteiger partial charge is 0.497 e. The molecule has 0 radical (unpaired) electrons. The van der Waals surface area contributed by atoms with Crippen molar-refractivity contribution in [2.24, 2.45) is 0 Å². The molecule has 4 nitrogen and oxygen atoms in total. The maximum Gasteiger partial charge on any atom is 0.258 e. The first-order chi connectivity index (χ1) is 12.2. The van der Waals surface area contributed by atoms with E-state index in [0.29, 0.717) is 10.7 Å². The molecule has 1 aliphatic carbocycles. The predicted molar refractivity (Wildman–Crippen MR) is 104 cm³/mol. The zero-order valence-corrected chi connectivity index (χ0v) is 15.9. The zero-order valence-electron chi connectivity index (χ0n) is 13.5. The molecule has 3 aromatic rings. The van der Waals surface area contributed by atoms with Gasteiger partial charge in [0.15, 0.2) is 5.13 Å². The summed E-state index contributed by atoms with van der Waals surface area (Å²) in [6.07, 6.45) is 1.92. The second kappa shape index (κ2) is 6.61. The third-order valence-electron chi connectivity index (χ3n) is 4.23. The van der Waals surface area contributed by atoms with Gasteiger partial charge in [-0.15, -0.1) is 11.3 Å². The average molecular weight is 415 g/mol. The molecule has 0 fully saturated rings. The first-order valence-electron chi connectivity index (χ1n) is 7.88. The van der Waals surface area contributed by atoms with Crippen molar-refractivity contribution in [1.82, 2.24) is 4.98 Å². The van der Waals surface area contributed by atoms with Crippen molar-refractivity contribution in [3.8, 4) is 17.0 Å². The van der Waals surface area contributed by atoms with Gasteiger partial charge in [-0.05, 0) is 58.6 Å². The van der Waals surface area contributed by atoms with Crippen molar-refractivity contribution >= 4 is 38.3 Å². The van der Waals surface area contributed by atoms with Gasteiger partial charge in [-0.2, -0.15) is 0 Å². The summed E-state index contributed by atoms with van der Waals surface area (Å²) in [5.41, 5.74) is 3.91. The van der Waals surface area contributed by atoms with Gasteiger partial charge in [0.25, 0.3) is 5.91 Å². The molecule has 0 bridgehead atoms. The van der Waals surface area contributed by atoms with E-state index in [9.17, 15) is 4.79 Å². The molecule has 1 aromatic heterocycles. The van der Waals surface area contributed by atoms with Crippen molar-refractivity contribution in [3.05, 3.63) is 62.9 Å². The van der Waals surface area contributed by atoms with Gasteiger partial charge in [-0.3, -0.25) is 10.1 Å². The van der Waals surface area contributed by atoms with Crippen LogP contribution >= 0.6 is 27.3 Å². The molecule has 6 heteroatoms. The van der Waals surface area contributed by atoms with Gasteiger partial charge in [-0.1, -0.05) is 18.2 Å². The van der Waals surface area contributed by atoms with Gasteiger partial charge in [0, 0.05) is 14.9 Å². The Balaban J connectivity index is 1.66. The number of rotatable bonds is 3.